The zero-order valence-corrected chi connectivity index (χ0v) is 14.1. The molecule has 0 radical (unpaired) electrons. The Morgan fingerprint density at radius 3 is 2.50 bits per heavy atom. The fourth-order valence-electron chi connectivity index (χ4n) is 1.85. The first kappa shape index (κ1) is 17.4. The molecule has 116 valence electrons. The molecule has 2 aromatic rings. The van der Waals surface area contributed by atoms with Crippen LogP contribution in [0.15, 0.2) is 36.4 Å². The summed E-state index contributed by atoms with van der Waals surface area (Å²) in [5, 5.41) is 13.9. The van der Waals surface area contributed by atoms with Gasteiger partial charge in [0.1, 0.15) is 0 Å². The number of nitrogens with one attached hydrogen (secondary N) is 1. The normalized spacial score (nSPS) is 12.0. The van der Waals surface area contributed by atoms with Crippen LogP contribution in [0.4, 0.5) is 0 Å². The second-order valence-corrected chi connectivity index (χ2v) is 6.12. The van der Waals surface area contributed by atoms with E-state index >= 15 is 0 Å². The number of rotatable bonds is 4. The lowest BCUT2D eigenvalue weighted by Crippen LogP contribution is -2.28. The van der Waals surface area contributed by atoms with Crippen LogP contribution in [-0.4, -0.2) is 17.6 Å². The Kier molecular flexibility index (Phi) is 5.95. The van der Waals surface area contributed by atoms with Gasteiger partial charge in [-0.3, -0.25) is 4.79 Å². The van der Waals surface area contributed by atoms with Gasteiger partial charge in [0.05, 0.1) is 21.7 Å². The molecule has 0 aliphatic rings. The number of hydrogen-bond acceptors (Lipinski definition) is 2. The number of benzene rings is 2. The minimum Gasteiger partial charge on any atom is -0.387 e. The van der Waals surface area contributed by atoms with E-state index < -0.39 is 12.0 Å². The van der Waals surface area contributed by atoms with Crippen molar-refractivity contribution in [1.29, 1.82) is 0 Å². The van der Waals surface area contributed by atoms with Crippen LogP contribution in [-0.2, 0) is 0 Å². The third-order valence-electron chi connectivity index (χ3n) is 2.97. The molecule has 0 heterocycles. The highest BCUT2D eigenvalue weighted by molar-refractivity contribution is 6.43. The van der Waals surface area contributed by atoms with Gasteiger partial charge < -0.3 is 10.4 Å². The smallest absolute Gasteiger partial charge is 0.252 e. The lowest BCUT2D eigenvalue weighted by atomic mass is 10.1. The molecular weight excluding hydrogens is 368 g/mol. The van der Waals surface area contributed by atoms with E-state index in [1.807, 2.05) is 0 Å². The number of carbonyl (C=O) groups excluding carboxylic acids is 1. The Morgan fingerprint density at radius 2 is 1.82 bits per heavy atom. The molecule has 0 fully saturated rings. The van der Waals surface area contributed by atoms with Crippen molar-refractivity contribution >= 4 is 52.3 Å². The van der Waals surface area contributed by atoms with E-state index in [9.17, 15) is 9.90 Å². The van der Waals surface area contributed by atoms with Crippen LogP contribution in [0, 0.1) is 0 Å². The van der Waals surface area contributed by atoms with Gasteiger partial charge in [0.25, 0.3) is 5.91 Å². The first-order valence-corrected chi connectivity index (χ1v) is 7.76. The number of carbonyl (C=O) groups is 1. The molecule has 0 aliphatic carbocycles. The van der Waals surface area contributed by atoms with Crippen LogP contribution in [0.5, 0.6) is 0 Å². The molecule has 0 saturated carbocycles. The summed E-state index contributed by atoms with van der Waals surface area (Å²) in [4.78, 5) is 12.1. The van der Waals surface area contributed by atoms with E-state index in [-0.39, 0.29) is 22.2 Å². The van der Waals surface area contributed by atoms with Crippen LogP contribution in [0.2, 0.25) is 20.1 Å². The Labute approximate surface area is 147 Å². The highest BCUT2D eigenvalue weighted by Crippen LogP contribution is 2.27. The van der Waals surface area contributed by atoms with Gasteiger partial charge in [0.15, 0.2) is 0 Å². The molecule has 1 atom stereocenters. The van der Waals surface area contributed by atoms with Gasteiger partial charge in [0.2, 0.25) is 0 Å². The highest BCUT2D eigenvalue weighted by Gasteiger charge is 2.16. The molecule has 0 aromatic heterocycles. The third kappa shape index (κ3) is 4.06. The Balaban J connectivity index is 2.06. The third-order valence-corrected chi connectivity index (χ3v) is 4.36. The average Bonchev–Trinajstić information content (AvgIpc) is 2.47. The SMILES string of the molecule is O=C(NCC(O)c1ccc(Cl)cc1Cl)c1cccc(Cl)c1Cl. The number of amides is 1. The predicted octanol–water partition coefficient (Wildman–Crippen LogP) is 4.76. The van der Waals surface area contributed by atoms with Crippen molar-refractivity contribution < 1.29 is 9.90 Å². The maximum Gasteiger partial charge on any atom is 0.252 e. The number of aliphatic hydroxyl groups is 1. The fraction of sp³-hybridized carbons (Fsp3) is 0.133. The van der Waals surface area contributed by atoms with Crippen LogP contribution in [0.1, 0.15) is 22.0 Å². The van der Waals surface area contributed by atoms with Crippen molar-refractivity contribution in [2.45, 2.75) is 6.10 Å². The number of hydrogen-bond donors (Lipinski definition) is 2. The summed E-state index contributed by atoms with van der Waals surface area (Å²) < 4.78 is 0. The zero-order chi connectivity index (χ0) is 16.3. The Morgan fingerprint density at radius 1 is 1.09 bits per heavy atom. The minimum absolute atomic E-state index is 0.0248. The second kappa shape index (κ2) is 7.53. The zero-order valence-electron chi connectivity index (χ0n) is 11.1. The van der Waals surface area contributed by atoms with Crippen LogP contribution < -0.4 is 5.32 Å². The van der Waals surface area contributed by atoms with Crippen molar-refractivity contribution in [2.75, 3.05) is 6.54 Å². The summed E-state index contributed by atoms with van der Waals surface area (Å²) in [7, 11) is 0. The van der Waals surface area contributed by atoms with E-state index in [2.05, 4.69) is 5.32 Å². The first-order chi connectivity index (χ1) is 10.4. The molecular formula is C15H11Cl4NO2. The highest BCUT2D eigenvalue weighted by atomic mass is 35.5. The monoisotopic (exact) mass is 377 g/mol. The van der Waals surface area contributed by atoms with Gasteiger partial charge in [-0.1, -0.05) is 58.5 Å². The van der Waals surface area contributed by atoms with E-state index in [0.717, 1.165) is 0 Å². The standard InChI is InChI=1S/C15H11Cl4NO2/c16-8-4-5-9(12(18)6-8)13(21)7-20-15(22)10-2-1-3-11(17)14(10)19/h1-6,13,21H,7H2,(H,20,22). The molecule has 22 heavy (non-hydrogen) atoms. The summed E-state index contributed by atoms with van der Waals surface area (Å²) >= 11 is 23.6. The Hall–Kier alpha value is -0.970. The molecule has 0 bridgehead atoms. The van der Waals surface area contributed by atoms with Crippen LogP contribution in [0.3, 0.4) is 0 Å². The molecule has 0 aliphatic heterocycles. The maximum atomic E-state index is 12.1. The first-order valence-electron chi connectivity index (χ1n) is 6.25. The van der Waals surface area contributed by atoms with Gasteiger partial charge in [-0.15, -0.1) is 0 Å². The molecule has 2 N–H and O–H groups in total. The summed E-state index contributed by atoms with van der Waals surface area (Å²) in [5.41, 5.74) is 0.715. The van der Waals surface area contributed by atoms with Gasteiger partial charge >= 0.3 is 0 Å². The predicted molar refractivity (Wildman–Crippen MR) is 90.2 cm³/mol. The average molecular weight is 379 g/mol. The van der Waals surface area contributed by atoms with Gasteiger partial charge in [-0.2, -0.15) is 0 Å². The molecule has 7 heteroatoms. The summed E-state index contributed by atoms with van der Waals surface area (Å²) in [6, 6.07) is 9.50. The summed E-state index contributed by atoms with van der Waals surface area (Å²) in [6.07, 6.45) is -0.966. The molecule has 3 nitrogen and oxygen atoms in total. The van der Waals surface area contributed by atoms with Gasteiger partial charge in [0, 0.05) is 22.2 Å². The number of aliphatic hydroxyl groups excluding tert-OH is 1. The molecule has 1 amide bonds. The summed E-state index contributed by atoms with van der Waals surface area (Å²) in [5.74, 6) is -0.434. The van der Waals surface area contributed by atoms with E-state index in [4.69, 9.17) is 46.4 Å². The van der Waals surface area contributed by atoms with Crippen molar-refractivity contribution in [2.24, 2.45) is 0 Å². The van der Waals surface area contributed by atoms with Crippen molar-refractivity contribution in [3.8, 4) is 0 Å². The maximum absolute atomic E-state index is 12.1. The quantitative estimate of drug-likeness (QED) is 0.805. The number of halogens is 4. The van der Waals surface area contributed by atoms with Crippen molar-refractivity contribution in [3.63, 3.8) is 0 Å². The second-order valence-electron chi connectivity index (χ2n) is 4.49. The molecule has 0 spiro atoms. The van der Waals surface area contributed by atoms with E-state index in [1.54, 1.807) is 30.3 Å². The minimum atomic E-state index is -0.966. The Bertz CT molecular complexity index is 706. The topological polar surface area (TPSA) is 49.3 Å². The lowest BCUT2D eigenvalue weighted by molar-refractivity contribution is 0.0916. The van der Waals surface area contributed by atoms with Crippen molar-refractivity contribution in [1.82, 2.24) is 5.32 Å². The fourth-order valence-corrected chi connectivity index (χ4v) is 2.77. The van der Waals surface area contributed by atoms with Crippen molar-refractivity contribution in [3.05, 3.63) is 67.6 Å². The van der Waals surface area contributed by atoms with Gasteiger partial charge in [-0.25, -0.2) is 0 Å². The lowest BCUT2D eigenvalue weighted by Gasteiger charge is -2.14. The molecule has 1 unspecified atom stereocenters. The van der Waals surface area contributed by atoms with Crippen LogP contribution >= 0.6 is 46.4 Å². The van der Waals surface area contributed by atoms with Crippen LogP contribution in [0.25, 0.3) is 0 Å². The molecule has 2 rings (SSSR count). The molecule has 2 aromatic carbocycles. The summed E-state index contributed by atoms with van der Waals surface area (Å²) in [6.45, 7) is -0.0248. The van der Waals surface area contributed by atoms with E-state index in [1.165, 1.54) is 6.07 Å². The van der Waals surface area contributed by atoms with E-state index in [0.29, 0.717) is 15.6 Å². The van der Waals surface area contributed by atoms with Gasteiger partial charge in [-0.05, 0) is 24.3 Å². The molecule has 0 saturated heterocycles. The largest absolute Gasteiger partial charge is 0.387 e.